The summed E-state index contributed by atoms with van der Waals surface area (Å²) in [7, 11) is 1.47. The van der Waals surface area contributed by atoms with Gasteiger partial charge in [-0.15, -0.1) is 0 Å². The van der Waals surface area contributed by atoms with Crippen molar-refractivity contribution in [1.29, 1.82) is 0 Å². The highest BCUT2D eigenvalue weighted by atomic mass is 16.5. The van der Waals surface area contributed by atoms with Crippen molar-refractivity contribution in [3.63, 3.8) is 0 Å². The average molecular weight is 499 g/mol. The van der Waals surface area contributed by atoms with Crippen LogP contribution in [0, 0.1) is 0 Å². The minimum Gasteiger partial charge on any atom is -0.462 e. The molecule has 0 spiro atoms. The topological polar surface area (TPSA) is 80.3 Å². The van der Waals surface area contributed by atoms with Crippen LogP contribution in [0.2, 0.25) is 0 Å². The molecule has 3 aromatic rings. The van der Waals surface area contributed by atoms with Crippen LogP contribution in [0.3, 0.4) is 0 Å². The Morgan fingerprint density at radius 1 is 0.676 bits per heavy atom. The lowest BCUT2D eigenvalue weighted by molar-refractivity contribution is -0.134. The van der Waals surface area contributed by atoms with Gasteiger partial charge in [-0.05, 0) is 46.5 Å². The summed E-state index contributed by atoms with van der Waals surface area (Å²) in [5.41, 5.74) is 4.38. The molecule has 0 unspecified atom stereocenters. The molecule has 0 saturated heterocycles. The third kappa shape index (κ3) is 8.38. The molecule has 0 fully saturated rings. The Balaban J connectivity index is 1.53. The molecule has 3 rings (SSSR count). The van der Waals surface area contributed by atoms with E-state index in [1.807, 2.05) is 72.8 Å². The molecule has 0 radical (unpaired) electrons. The summed E-state index contributed by atoms with van der Waals surface area (Å²) in [6.45, 7) is 6.99. The van der Waals surface area contributed by atoms with Gasteiger partial charge in [0, 0.05) is 13.2 Å². The Bertz CT molecular complexity index is 1270. The molecule has 7 nitrogen and oxygen atoms in total. The number of rotatable bonds is 12. The van der Waals surface area contributed by atoms with E-state index in [4.69, 9.17) is 23.7 Å². The minimum absolute atomic E-state index is 0.104. The number of ether oxygens (including phenoxy) is 5. The van der Waals surface area contributed by atoms with Crippen molar-refractivity contribution in [2.45, 2.75) is 0 Å². The summed E-state index contributed by atoms with van der Waals surface area (Å²) >= 11 is 0. The predicted molar refractivity (Wildman–Crippen MR) is 140 cm³/mol. The van der Waals surface area contributed by atoms with Crippen molar-refractivity contribution < 1.29 is 33.3 Å². The maximum atomic E-state index is 11.6. The summed E-state index contributed by atoms with van der Waals surface area (Å²) in [6.07, 6.45) is 5.96. The van der Waals surface area contributed by atoms with Gasteiger partial charge in [-0.1, -0.05) is 61.7 Å². The molecule has 0 bridgehead atoms. The van der Waals surface area contributed by atoms with E-state index in [1.54, 1.807) is 0 Å². The normalized spacial score (nSPS) is 10.7. The molecular weight excluding hydrogens is 472 g/mol. The first-order chi connectivity index (χ1) is 18.0. The molecule has 0 heterocycles. The largest absolute Gasteiger partial charge is 0.462 e. The second-order valence-electron chi connectivity index (χ2n) is 7.49. The van der Waals surface area contributed by atoms with Gasteiger partial charge < -0.3 is 23.7 Å². The monoisotopic (exact) mass is 498 g/mol. The number of methoxy groups -OCH3 is 1. The van der Waals surface area contributed by atoms with Crippen LogP contribution in [0.25, 0.3) is 22.3 Å². The first-order valence-corrected chi connectivity index (χ1v) is 11.1. The zero-order chi connectivity index (χ0) is 26.5. The van der Waals surface area contributed by atoms with Crippen LogP contribution in [-0.2, 0) is 23.8 Å². The van der Waals surface area contributed by atoms with E-state index < -0.39 is 11.9 Å². The highest BCUT2D eigenvalue weighted by Gasteiger charge is 2.06. The Kier molecular flexibility index (Phi) is 10.0. The fraction of sp³-hybridized carbons (Fsp3) is 0.0667. The van der Waals surface area contributed by atoms with E-state index >= 15 is 0 Å². The van der Waals surface area contributed by atoms with Crippen molar-refractivity contribution >= 4 is 11.9 Å². The van der Waals surface area contributed by atoms with Crippen molar-refractivity contribution in [2.75, 3.05) is 13.7 Å². The number of carbonyl (C=O) groups excluding carboxylic acids is 2. The van der Waals surface area contributed by atoms with E-state index in [0.717, 1.165) is 40.9 Å². The number of esters is 2. The van der Waals surface area contributed by atoms with Gasteiger partial charge in [0.05, 0.1) is 12.2 Å². The average Bonchev–Trinajstić information content (AvgIpc) is 2.94. The van der Waals surface area contributed by atoms with Crippen molar-refractivity contribution in [2.24, 2.45) is 0 Å². The molecule has 0 aliphatic carbocycles. The lowest BCUT2D eigenvalue weighted by Crippen LogP contribution is -2.07. The van der Waals surface area contributed by atoms with Gasteiger partial charge in [-0.2, -0.15) is 0 Å². The zero-order valence-electron chi connectivity index (χ0n) is 20.3. The molecule has 7 heteroatoms. The minimum atomic E-state index is -0.578. The Hall–Kier alpha value is -4.88. The Labute approximate surface area is 215 Å². The van der Waals surface area contributed by atoms with Gasteiger partial charge in [-0.3, -0.25) is 0 Å². The maximum Gasteiger partial charge on any atom is 0.340 e. The summed E-state index contributed by atoms with van der Waals surface area (Å²) < 4.78 is 25.3. The number of hydrogen-bond donors (Lipinski definition) is 0. The molecule has 188 valence electrons. The maximum absolute atomic E-state index is 11.6. The third-order valence-electron chi connectivity index (χ3n) is 4.91. The predicted octanol–water partition coefficient (Wildman–Crippen LogP) is 6.20. The van der Waals surface area contributed by atoms with E-state index in [0.29, 0.717) is 11.5 Å². The third-order valence-corrected chi connectivity index (χ3v) is 4.91. The zero-order valence-corrected chi connectivity index (χ0v) is 20.3. The van der Waals surface area contributed by atoms with Crippen LogP contribution >= 0.6 is 0 Å². The standard InChI is InChI=1S/C30H26O7/c1-4-29(31)36-19-17-34-27-13-9-25(10-14-27)23-5-7-24(8-6-23)26-11-15-28(16-12-26)35-18-20-37-30(32)22(2)21-33-3/h4-20H,1-2,21H2,3H3/b19-17-,20-18-. The van der Waals surface area contributed by atoms with Crippen molar-refractivity contribution in [3.05, 3.63) is 123 Å². The van der Waals surface area contributed by atoms with Crippen LogP contribution in [0.15, 0.2) is 123 Å². The molecular formula is C30H26O7. The van der Waals surface area contributed by atoms with Gasteiger partial charge in [-0.25, -0.2) is 9.59 Å². The van der Waals surface area contributed by atoms with Crippen molar-refractivity contribution in [3.8, 4) is 33.8 Å². The second-order valence-corrected chi connectivity index (χ2v) is 7.49. The van der Waals surface area contributed by atoms with Crippen LogP contribution in [0.1, 0.15) is 0 Å². The van der Waals surface area contributed by atoms with E-state index in [9.17, 15) is 9.59 Å². The first-order valence-electron chi connectivity index (χ1n) is 11.1. The number of carbonyl (C=O) groups is 2. The Morgan fingerprint density at radius 2 is 1.08 bits per heavy atom. The molecule has 0 aromatic heterocycles. The van der Waals surface area contributed by atoms with Crippen LogP contribution in [0.5, 0.6) is 11.5 Å². The van der Waals surface area contributed by atoms with Gasteiger partial charge in [0.2, 0.25) is 0 Å². The first kappa shape index (κ1) is 26.7. The van der Waals surface area contributed by atoms with E-state index in [2.05, 4.69) is 13.2 Å². The molecule has 0 N–H and O–H groups in total. The van der Waals surface area contributed by atoms with Crippen LogP contribution in [-0.4, -0.2) is 25.7 Å². The van der Waals surface area contributed by atoms with Gasteiger partial charge in [0.1, 0.15) is 36.5 Å². The molecule has 37 heavy (non-hydrogen) atoms. The highest BCUT2D eigenvalue weighted by Crippen LogP contribution is 2.27. The van der Waals surface area contributed by atoms with Crippen LogP contribution < -0.4 is 9.47 Å². The lowest BCUT2D eigenvalue weighted by atomic mass is 10.0. The van der Waals surface area contributed by atoms with Gasteiger partial charge >= 0.3 is 11.9 Å². The van der Waals surface area contributed by atoms with E-state index in [1.165, 1.54) is 19.6 Å². The SMILES string of the molecule is C=CC(=O)O/C=C\Oc1ccc(-c2ccc(-c3ccc(O/C=C\OC(=O)C(=C)COC)cc3)cc2)cc1. The molecule has 0 atom stereocenters. The fourth-order valence-electron chi connectivity index (χ4n) is 3.07. The summed E-state index contributed by atoms with van der Waals surface area (Å²) in [5, 5.41) is 0. The number of hydrogen-bond acceptors (Lipinski definition) is 7. The highest BCUT2D eigenvalue weighted by molar-refractivity contribution is 5.88. The lowest BCUT2D eigenvalue weighted by Gasteiger charge is -2.07. The molecule has 0 aliphatic rings. The fourth-order valence-corrected chi connectivity index (χ4v) is 3.07. The molecule has 0 aliphatic heterocycles. The van der Waals surface area contributed by atoms with Gasteiger partial charge in [0.15, 0.2) is 0 Å². The second kappa shape index (κ2) is 13.9. The van der Waals surface area contributed by atoms with Crippen LogP contribution in [0.4, 0.5) is 0 Å². The molecule has 0 amide bonds. The molecule has 0 saturated carbocycles. The Morgan fingerprint density at radius 3 is 1.49 bits per heavy atom. The molecule has 3 aromatic carbocycles. The number of benzene rings is 3. The van der Waals surface area contributed by atoms with Gasteiger partial charge in [0.25, 0.3) is 0 Å². The summed E-state index contributed by atoms with van der Waals surface area (Å²) in [6, 6.07) is 23.2. The summed E-state index contributed by atoms with van der Waals surface area (Å²) in [4.78, 5) is 22.6. The quantitative estimate of drug-likeness (QED) is 0.167. The smallest absolute Gasteiger partial charge is 0.340 e. The van der Waals surface area contributed by atoms with Crippen molar-refractivity contribution in [1.82, 2.24) is 0 Å². The summed E-state index contributed by atoms with van der Waals surface area (Å²) in [5.74, 6) is 0.0735. The van der Waals surface area contributed by atoms with E-state index in [-0.39, 0.29) is 12.2 Å².